The van der Waals surface area contributed by atoms with Crippen LogP contribution in [0.3, 0.4) is 0 Å². The lowest BCUT2D eigenvalue weighted by atomic mass is 10.3. The van der Waals surface area contributed by atoms with Gasteiger partial charge in [0.2, 0.25) is 0 Å². The van der Waals surface area contributed by atoms with Crippen LogP contribution in [0.4, 0.5) is 16.2 Å². The molecule has 0 atom stereocenters. The number of carbonyl (C=O) groups excluding carboxylic acids is 1. The lowest BCUT2D eigenvalue weighted by Gasteiger charge is -2.27. The summed E-state index contributed by atoms with van der Waals surface area (Å²) >= 11 is 0. The fourth-order valence-corrected chi connectivity index (χ4v) is 1.72. The van der Waals surface area contributed by atoms with E-state index in [2.05, 4.69) is 21.3 Å². The third kappa shape index (κ3) is 1.82. The molecule has 1 aliphatic heterocycles. The Bertz CT molecular complexity index is 449. The molecule has 0 aliphatic carbocycles. The molecule has 0 saturated heterocycles. The molecule has 0 unspecified atom stereocenters. The fraction of sp³-hybridized carbons (Fsp3) is 0.200. The van der Waals surface area contributed by atoms with Crippen LogP contribution in [0.25, 0.3) is 0 Å². The lowest BCUT2D eigenvalue weighted by Crippen LogP contribution is -2.65. The normalized spacial score (nSPS) is 15.1. The van der Waals surface area contributed by atoms with Crippen molar-refractivity contribution >= 4 is 23.4 Å². The highest BCUT2D eigenvalue weighted by molar-refractivity contribution is 5.98. The maximum absolute atomic E-state index is 11.8. The number of carbonyl (C=O) groups is 2. The van der Waals surface area contributed by atoms with Crippen molar-refractivity contribution in [1.29, 1.82) is 0 Å². The van der Waals surface area contributed by atoms with E-state index >= 15 is 0 Å². The SMILES string of the molecule is CNC(=O)C1(NC(=O)O)Nc2ccccc2N1. The van der Waals surface area contributed by atoms with E-state index in [1.165, 1.54) is 7.05 Å². The first-order chi connectivity index (χ1) is 8.07. The van der Waals surface area contributed by atoms with E-state index in [0.29, 0.717) is 11.4 Å². The lowest BCUT2D eigenvalue weighted by molar-refractivity contribution is -0.124. The highest BCUT2D eigenvalue weighted by atomic mass is 16.4. The molecule has 7 nitrogen and oxygen atoms in total. The first-order valence-corrected chi connectivity index (χ1v) is 4.96. The number of rotatable bonds is 2. The van der Waals surface area contributed by atoms with Gasteiger partial charge in [0.25, 0.3) is 11.7 Å². The van der Waals surface area contributed by atoms with E-state index in [4.69, 9.17) is 5.11 Å². The van der Waals surface area contributed by atoms with Crippen molar-refractivity contribution in [3.05, 3.63) is 24.3 Å². The third-order valence-electron chi connectivity index (χ3n) is 2.43. The van der Waals surface area contributed by atoms with Crippen LogP contribution >= 0.6 is 0 Å². The van der Waals surface area contributed by atoms with Gasteiger partial charge in [0.05, 0.1) is 11.4 Å². The summed E-state index contributed by atoms with van der Waals surface area (Å²) in [7, 11) is 1.43. The van der Waals surface area contributed by atoms with Crippen molar-refractivity contribution in [2.45, 2.75) is 5.79 Å². The Hall–Kier alpha value is -2.44. The van der Waals surface area contributed by atoms with Crippen LogP contribution in [0.5, 0.6) is 0 Å². The predicted octanol–water partition coefficient (Wildman–Crippen LogP) is 0.191. The molecule has 7 heteroatoms. The van der Waals surface area contributed by atoms with Gasteiger partial charge in [0, 0.05) is 7.05 Å². The Kier molecular flexibility index (Phi) is 2.51. The zero-order chi connectivity index (χ0) is 12.5. The van der Waals surface area contributed by atoms with E-state index in [1.807, 2.05) is 0 Å². The van der Waals surface area contributed by atoms with E-state index in [1.54, 1.807) is 24.3 Å². The van der Waals surface area contributed by atoms with E-state index in [9.17, 15) is 9.59 Å². The number of likely N-dealkylation sites (N-methyl/N-ethyl adjacent to an activating group) is 1. The maximum Gasteiger partial charge on any atom is 0.408 e. The number of nitrogens with one attached hydrogen (secondary N) is 4. The van der Waals surface area contributed by atoms with Crippen molar-refractivity contribution in [2.24, 2.45) is 0 Å². The molecule has 17 heavy (non-hydrogen) atoms. The van der Waals surface area contributed by atoms with Crippen molar-refractivity contribution in [3.8, 4) is 0 Å². The predicted molar refractivity (Wildman–Crippen MR) is 61.6 cm³/mol. The van der Waals surface area contributed by atoms with Crippen LogP contribution in [0.2, 0.25) is 0 Å². The number of fused-ring (bicyclic) bond motifs is 1. The summed E-state index contributed by atoms with van der Waals surface area (Å²) in [5.41, 5.74) is 1.31. The minimum atomic E-state index is -1.57. The summed E-state index contributed by atoms with van der Waals surface area (Å²) in [5.74, 6) is -2.08. The number of hydrogen-bond acceptors (Lipinski definition) is 4. The van der Waals surface area contributed by atoms with Crippen molar-refractivity contribution in [3.63, 3.8) is 0 Å². The monoisotopic (exact) mass is 236 g/mol. The molecule has 2 rings (SSSR count). The molecule has 0 radical (unpaired) electrons. The molecule has 1 aromatic rings. The Balaban J connectivity index is 2.34. The van der Waals surface area contributed by atoms with Crippen LogP contribution in [0.15, 0.2) is 24.3 Å². The van der Waals surface area contributed by atoms with Crippen LogP contribution < -0.4 is 21.3 Å². The quantitative estimate of drug-likeness (QED) is 0.504. The molecule has 0 bridgehead atoms. The number of amides is 2. The van der Waals surface area contributed by atoms with Gasteiger partial charge in [-0.15, -0.1) is 0 Å². The number of benzene rings is 1. The van der Waals surface area contributed by atoms with Gasteiger partial charge in [0.1, 0.15) is 0 Å². The minimum absolute atomic E-state index is 0.517. The van der Waals surface area contributed by atoms with Gasteiger partial charge < -0.3 is 21.1 Å². The summed E-state index contributed by atoms with van der Waals surface area (Å²) in [5, 5.41) is 19.0. The Labute approximate surface area is 97.2 Å². The largest absolute Gasteiger partial charge is 0.465 e. The van der Waals surface area contributed by atoms with E-state index in [-0.39, 0.29) is 0 Å². The van der Waals surface area contributed by atoms with Crippen LogP contribution in [-0.2, 0) is 4.79 Å². The average Bonchev–Trinajstić information content (AvgIpc) is 2.65. The molecule has 0 fully saturated rings. The second kappa shape index (κ2) is 3.85. The number of hydrogen-bond donors (Lipinski definition) is 5. The van der Waals surface area contributed by atoms with Crippen LogP contribution in [0, 0.1) is 0 Å². The second-order valence-corrected chi connectivity index (χ2v) is 3.55. The van der Waals surface area contributed by atoms with E-state index in [0.717, 1.165) is 0 Å². The molecule has 5 N–H and O–H groups in total. The fourth-order valence-electron chi connectivity index (χ4n) is 1.72. The van der Waals surface area contributed by atoms with Gasteiger partial charge in [-0.25, -0.2) is 4.79 Å². The molecule has 1 heterocycles. The van der Waals surface area contributed by atoms with Gasteiger partial charge in [-0.2, -0.15) is 0 Å². The molecule has 0 saturated carbocycles. The highest BCUT2D eigenvalue weighted by Crippen LogP contribution is 2.32. The first-order valence-electron chi connectivity index (χ1n) is 4.96. The zero-order valence-electron chi connectivity index (χ0n) is 9.07. The second-order valence-electron chi connectivity index (χ2n) is 3.55. The Morgan fingerprint density at radius 2 is 1.76 bits per heavy atom. The van der Waals surface area contributed by atoms with Gasteiger partial charge in [-0.1, -0.05) is 12.1 Å². The first kappa shape index (κ1) is 11.1. The topological polar surface area (TPSA) is 102 Å². The molecule has 2 amide bonds. The van der Waals surface area contributed by atoms with Gasteiger partial charge >= 0.3 is 6.09 Å². The number of para-hydroxylation sites is 2. The van der Waals surface area contributed by atoms with Crippen molar-refractivity contribution in [1.82, 2.24) is 10.6 Å². The summed E-state index contributed by atoms with van der Waals surface area (Å²) in [6.07, 6.45) is -1.30. The van der Waals surface area contributed by atoms with E-state index < -0.39 is 17.8 Å². The molecular weight excluding hydrogens is 224 g/mol. The molecule has 1 aromatic carbocycles. The molecule has 0 aromatic heterocycles. The number of anilines is 2. The van der Waals surface area contributed by atoms with Gasteiger partial charge in [-0.3, -0.25) is 10.1 Å². The standard InChI is InChI=1S/C10H12N4O3/c1-11-8(15)10(14-9(16)17)12-6-4-2-3-5-7(6)13-10/h2-5,12-14H,1H3,(H,11,15)(H,16,17). The van der Waals surface area contributed by atoms with Gasteiger partial charge in [0.15, 0.2) is 0 Å². The van der Waals surface area contributed by atoms with Gasteiger partial charge in [-0.05, 0) is 12.1 Å². The maximum atomic E-state index is 11.8. The zero-order valence-corrected chi connectivity index (χ0v) is 9.07. The Morgan fingerprint density at radius 1 is 1.24 bits per heavy atom. The molecule has 90 valence electrons. The molecular formula is C10H12N4O3. The highest BCUT2D eigenvalue weighted by Gasteiger charge is 2.44. The molecule has 1 aliphatic rings. The average molecular weight is 236 g/mol. The van der Waals surface area contributed by atoms with Crippen molar-refractivity contribution < 1.29 is 14.7 Å². The molecule has 0 spiro atoms. The number of carboxylic acid groups (broad SMARTS) is 1. The Morgan fingerprint density at radius 3 is 2.18 bits per heavy atom. The minimum Gasteiger partial charge on any atom is -0.465 e. The summed E-state index contributed by atoms with van der Waals surface area (Å²) in [6.45, 7) is 0. The van der Waals surface area contributed by atoms with Crippen LogP contribution in [0.1, 0.15) is 0 Å². The van der Waals surface area contributed by atoms with Crippen molar-refractivity contribution in [2.75, 3.05) is 17.7 Å². The third-order valence-corrected chi connectivity index (χ3v) is 2.43. The summed E-state index contributed by atoms with van der Waals surface area (Å²) in [4.78, 5) is 22.5. The smallest absolute Gasteiger partial charge is 0.408 e. The van der Waals surface area contributed by atoms with Crippen LogP contribution in [-0.4, -0.2) is 29.9 Å². The summed E-state index contributed by atoms with van der Waals surface area (Å²) in [6, 6.07) is 7.07. The summed E-state index contributed by atoms with van der Waals surface area (Å²) < 4.78 is 0.